The zero-order valence-corrected chi connectivity index (χ0v) is 10.3. The van der Waals surface area contributed by atoms with Crippen LogP contribution in [0.1, 0.15) is 31.3 Å². The average Bonchev–Trinajstić information content (AvgIpc) is 2.70. The van der Waals surface area contributed by atoms with Crippen molar-refractivity contribution >= 4 is 11.7 Å². The van der Waals surface area contributed by atoms with Gasteiger partial charge in [-0.05, 0) is 23.2 Å². The maximum absolute atomic E-state index is 11.8. The van der Waals surface area contributed by atoms with Crippen molar-refractivity contribution < 1.29 is 14.2 Å². The van der Waals surface area contributed by atoms with Crippen LogP contribution in [0.5, 0.6) is 0 Å². The molecule has 0 aliphatic rings. The highest BCUT2D eigenvalue weighted by Gasteiger charge is 2.21. The van der Waals surface area contributed by atoms with Crippen molar-refractivity contribution in [1.82, 2.24) is 15.6 Å². The number of rotatable bonds is 6. The Hall–Kier alpha value is -1.63. The van der Waals surface area contributed by atoms with Gasteiger partial charge in [0.05, 0.1) is 12.6 Å². The molecule has 0 bridgehead atoms. The van der Waals surface area contributed by atoms with Gasteiger partial charge in [0.15, 0.2) is 0 Å². The van der Waals surface area contributed by atoms with Gasteiger partial charge in [-0.2, -0.15) is 0 Å². The van der Waals surface area contributed by atoms with Gasteiger partial charge < -0.3 is 15.8 Å². The summed E-state index contributed by atoms with van der Waals surface area (Å²) in [6.45, 7) is 6.94. The standard InChI is InChI=1S/C10H18N4O3/c1-4-16-5-7(6(2)3)12-10(15)8-9(11)14-17-13-8/h6-7H,4-5H2,1-3H3,(H2,11,14)(H,12,15). The number of nitrogens with zero attached hydrogens (tertiary/aromatic N) is 2. The Balaban J connectivity index is 2.61. The van der Waals surface area contributed by atoms with E-state index in [1.807, 2.05) is 20.8 Å². The molecule has 1 unspecified atom stereocenters. The Labute approximate surface area is 99.7 Å². The van der Waals surface area contributed by atoms with E-state index in [1.54, 1.807) is 0 Å². The fourth-order valence-corrected chi connectivity index (χ4v) is 1.24. The fourth-order valence-electron chi connectivity index (χ4n) is 1.24. The number of ether oxygens (including phenoxy) is 1. The van der Waals surface area contributed by atoms with E-state index < -0.39 is 5.91 Å². The number of carbonyl (C=O) groups is 1. The van der Waals surface area contributed by atoms with Crippen molar-refractivity contribution in [2.45, 2.75) is 26.8 Å². The quantitative estimate of drug-likeness (QED) is 0.750. The van der Waals surface area contributed by atoms with Crippen LogP contribution in [-0.4, -0.2) is 35.5 Å². The van der Waals surface area contributed by atoms with Crippen LogP contribution in [0, 0.1) is 5.92 Å². The third-order valence-electron chi connectivity index (χ3n) is 2.35. The normalized spacial score (nSPS) is 12.7. The first-order valence-corrected chi connectivity index (χ1v) is 5.52. The minimum atomic E-state index is -0.401. The van der Waals surface area contributed by atoms with E-state index >= 15 is 0 Å². The summed E-state index contributed by atoms with van der Waals surface area (Å²) in [4.78, 5) is 11.8. The molecule has 0 aromatic carbocycles. The maximum atomic E-state index is 11.8. The summed E-state index contributed by atoms with van der Waals surface area (Å²) in [6.07, 6.45) is 0. The number of aromatic nitrogens is 2. The minimum absolute atomic E-state index is 0.00662. The molecule has 0 aliphatic heterocycles. The lowest BCUT2D eigenvalue weighted by Gasteiger charge is -2.21. The molecular weight excluding hydrogens is 224 g/mol. The van der Waals surface area contributed by atoms with Crippen LogP contribution in [0.3, 0.4) is 0 Å². The van der Waals surface area contributed by atoms with Crippen LogP contribution in [-0.2, 0) is 4.74 Å². The van der Waals surface area contributed by atoms with Gasteiger partial charge in [-0.15, -0.1) is 0 Å². The van der Waals surface area contributed by atoms with E-state index in [0.29, 0.717) is 13.2 Å². The number of amides is 1. The Morgan fingerprint density at radius 3 is 2.71 bits per heavy atom. The summed E-state index contributed by atoms with van der Waals surface area (Å²) in [7, 11) is 0. The summed E-state index contributed by atoms with van der Waals surface area (Å²) in [6, 6.07) is -0.0986. The highest BCUT2D eigenvalue weighted by molar-refractivity contribution is 5.96. The van der Waals surface area contributed by atoms with Crippen LogP contribution in [0.4, 0.5) is 5.82 Å². The summed E-state index contributed by atoms with van der Waals surface area (Å²) in [5, 5.41) is 9.58. The number of carbonyl (C=O) groups excluding carboxylic acids is 1. The van der Waals surface area contributed by atoms with Crippen molar-refractivity contribution in [2.75, 3.05) is 18.9 Å². The average molecular weight is 242 g/mol. The summed E-state index contributed by atoms with van der Waals surface area (Å²) >= 11 is 0. The second kappa shape index (κ2) is 6.19. The van der Waals surface area contributed by atoms with Crippen LogP contribution < -0.4 is 11.1 Å². The molecule has 96 valence electrons. The maximum Gasteiger partial charge on any atom is 0.277 e. The van der Waals surface area contributed by atoms with E-state index in [1.165, 1.54) is 0 Å². The third kappa shape index (κ3) is 3.70. The number of nitrogens with one attached hydrogen (secondary N) is 1. The van der Waals surface area contributed by atoms with Gasteiger partial charge in [0.25, 0.3) is 5.91 Å². The first-order chi connectivity index (χ1) is 8.06. The summed E-state index contributed by atoms with van der Waals surface area (Å²) in [5.74, 6) is -0.171. The molecule has 1 aromatic rings. The van der Waals surface area contributed by atoms with Crippen LogP contribution >= 0.6 is 0 Å². The molecule has 3 N–H and O–H groups in total. The van der Waals surface area contributed by atoms with Gasteiger partial charge in [0, 0.05) is 6.61 Å². The molecule has 17 heavy (non-hydrogen) atoms. The molecule has 0 spiro atoms. The molecule has 1 aromatic heterocycles. The molecule has 0 aliphatic carbocycles. The Morgan fingerprint density at radius 1 is 1.53 bits per heavy atom. The smallest absolute Gasteiger partial charge is 0.277 e. The second-order valence-electron chi connectivity index (χ2n) is 3.98. The summed E-state index contributed by atoms with van der Waals surface area (Å²) < 4.78 is 9.67. The van der Waals surface area contributed by atoms with Crippen molar-refractivity contribution in [3.63, 3.8) is 0 Å². The molecule has 7 heteroatoms. The lowest BCUT2D eigenvalue weighted by atomic mass is 10.1. The molecule has 0 saturated heterocycles. The zero-order chi connectivity index (χ0) is 12.8. The van der Waals surface area contributed by atoms with Crippen LogP contribution in [0.2, 0.25) is 0 Å². The van der Waals surface area contributed by atoms with Crippen molar-refractivity contribution in [2.24, 2.45) is 5.92 Å². The van der Waals surface area contributed by atoms with Gasteiger partial charge in [0.1, 0.15) is 0 Å². The van der Waals surface area contributed by atoms with Gasteiger partial charge >= 0.3 is 0 Å². The predicted octanol–water partition coefficient (Wildman–Crippen LogP) is 0.443. The third-order valence-corrected chi connectivity index (χ3v) is 2.35. The molecule has 0 fully saturated rings. The molecule has 1 rings (SSSR count). The van der Waals surface area contributed by atoms with E-state index in [0.717, 1.165) is 0 Å². The molecule has 0 saturated carbocycles. The topological polar surface area (TPSA) is 103 Å². The van der Waals surface area contributed by atoms with Gasteiger partial charge in [-0.25, -0.2) is 4.63 Å². The SMILES string of the molecule is CCOCC(NC(=O)c1nonc1N)C(C)C. The number of anilines is 1. The highest BCUT2D eigenvalue weighted by Crippen LogP contribution is 2.07. The predicted molar refractivity (Wildman–Crippen MR) is 61.3 cm³/mol. The van der Waals surface area contributed by atoms with Crippen LogP contribution in [0.15, 0.2) is 4.63 Å². The fraction of sp³-hybridized carbons (Fsp3) is 0.700. The van der Waals surface area contributed by atoms with E-state index in [4.69, 9.17) is 10.5 Å². The van der Waals surface area contributed by atoms with E-state index in [-0.39, 0.29) is 23.5 Å². The Bertz CT molecular complexity index is 364. The second-order valence-corrected chi connectivity index (χ2v) is 3.98. The lowest BCUT2D eigenvalue weighted by molar-refractivity contribution is 0.0798. The molecule has 0 radical (unpaired) electrons. The molecule has 1 heterocycles. The Morgan fingerprint density at radius 2 is 2.24 bits per heavy atom. The van der Waals surface area contributed by atoms with Crippen molar-refractivity contribution in [3.05, 3.63) is 5.69 Å². The van der Waals surface area contributed by atoms with Gasteiger partial charge in [-0.3, -0.25) is 4.79 Å². The molecule has 1 atom stereocenters. The largest absolute Gasteiger partial charge is 0.380 e. The zero-order valence-electron chi connectivity index (χ0n) is 10.3. The number of nitrogens with two attached hydrogens (primary N) is 1. The van der Waals surface area contributed by atoms with Crippen molar-refractivity contribution in [3.8, 4) is 0 Å². The van der Waals surface area contributed by atoms with Gasteiger partial charge in [0.2, 0.25) is 11.5 Å². The molecule has 7 nitrogen and oxygen atoms in total. The lowest BCUT2D eigenvalue weighted by Crippen LogP contribution is -2.42. The number of hydrogen-bond donors (Lipinski definition) is 2. The van der Waals surface area contributed by atoms with Crippen molar-refractivity contribution in [1.29, 1.82) is 0 Å². The van der Waals surface area contributed by atoms with Gasteiger partial charge in [-0.1, -0.05) is 13.8 Å². The molecular formula is C10H18N4O3. The van der Waals surface area contributed by atoms with E-state index in [2.05, 4.69) is 20.3 Å². The summed E-state index contributed by atoms with van der Waals surface area (Å²) in [5.41, 5.74) is 5.44. The van der Waals surface area contributed by atoms with Crippen LogP contribution in [0.25, 0.3) is 0 Å². The van der Waals surface area contributed by atoms with E-state index in [9.17, 15) is 4.79 Å². The highest BCUT2D eigenvalue weighted by atomic mass is 16.6. The Kier molecular flexibility index (Phi) is 4.89. The first kappa shape index (κ1) is 13.4. The number of nitrogen functional groups attached to an aromatic ring is 1. The number of hydrogen-bond acceptors (Lipinski definition) is 6. The minimum Gasteiger partial charge on any atom is -0.380 e. The first-order valence-electron chi connectivity index (χ1n) is 5.52. The monoisotopic (exact) mass is 242 g/mol. The molecule has 1 amide bonds.